The molecule has 1 heterocycles. The molecule has 2 fully saturated rings. The predicted molar refractivity (Wildman–Crippen MR) is 72.6 cm³/mol. The lowest BCUT2D eigenvalue weighted by molar-refractivity contribution is 0.295. The maximum absolute atomic E-state index is 5.98. The van der Waals surface area contributed by atoms with Crippen LogP contribution in [0.4, 0.5) is 0 Å². The zero-order chi connectivity index (χ0) is 11.7. The smallest absolute Gasteiger partial charge is 0.122 e. The van der Waals surface area contributed by atoms with E-state index in [4.69, 9.17) is 4.74 Å². The molecule has 3 heteroatoms. The van der Waals surface area contributed by atoms with Crippen LogP contribution in [0.15, 0.2) is 22.7 Å². The summed E-state index contributed by atoms with van der Waals surface area (Å²) in [5.74, 6) is 2.52. The Morgan fingerprint density at radius 3 is 2.88 bits per heavy atom. The van der Waals surface area contributed by atoms with Gasteiger partial charge in [0, 0.05) is 16.9 Å². The fourth-order valence-electron chi connectivity index (χ4n) is 2.38. The molecule has 1 aliphatic carbocycles. The zero-order valence-electron chi connectivity index (χ0n) is 9.92. The molecule has 92 valence electrons. The predicted octanol–water partition coefficient (Wildman–Crippen LogP) is 3.31. The lowest BCUT2D eigenvalue weighted by Crippen LogP contribution is -2.09. The van der Waals surface area contributed by atoms with Crippen molar-refractivity contribution in [1.82, 2.24) is 5.32 Å². The molecule has 1 saturated carbocycles. The number of rotatable bonds is 4. The molecule has 1 aromatic carbocycles. The maximum atomic E-state index is 5.98. The van der Waals surface area contributed by atoms with E-state index in [1.54, 1.807) is 0 Å². The van der Waals surface area contributed by atoms with E-state index in [0.717, 1.165) is 35.8 Å². The lowest BCUT2D eigenvalue weighted by atomic mass is 9.97. The number of hydrogen-bond donors (Lipinski definition) is 1. The first-order valence-electron chi connectivity index (χ1n) is 6.46. The SMILES string of the molecule is Brc1ccc(OCC2CC2)c(C2CCNC2)c1. The molecule has 2 aliphatic rings. The molecule has 17 heavy (non-hydrogen) atoms. The van der Waals surface area contributed by atoms with E-state index in [0.29, 0.717) is 5.92 Å². The average Bonchev–Trinajstić information content (AvgIpc) is 3.00. The van der Waals surface area contributed by atoms with Crippen LogP contribution >= 0.6 is 15.9 Å². The van der Waals surface area contributed by atoms with Crippen LogP contribution < -0.4 is 10.1 Å². The molecular weight excluding hydrogens is 278 g/mol. The molecule has 0 aromatic heterocycles. The van der Waals surface area contributed by atoms with Crippen LogP contribution in [0.1, 0.15) is 30.7 Å². The summed E-state index contributed by atoms with van der Waals surface area (Å²) in [6.07, 6.45) is 3.91. The molecule has 1 aromatic rings. The second-order valence-electron chi connectivity index (χ2n) is 5.13. The van der Waals surface area contributed by atoms with Crippen molar-refractivity contribution in [1.29, 1.82) is 0 Å². The van der Waals surface area contributed by atoms with Crippen molar-refractivity contribution in [2.45, 2.75) is 25.2 Å². The summed E-state index contributed by atoms with van der Waals surface area (Å²) in [5.41, 5.74) is 1.37. The molecule has 1 N–H and O–H groups in total. The highest BCUT2D eigenvalue weighted by Crippen LogP contribution is 2.35. The quantitative estimate of drug-likeness (QED) is 0.920. The van der Waals surface area contributed by atoms with Gasteiger partial charge in [0.25, 0.3) is 0 Å². The Morgan fingerprint density at radius 1 is 1.29 bits per heavy atom. The van der Waals surface area contributed by atoms with Crippen molar-refractivity contribution in [3.63, 3.8) is 0 Å². The highest BCUT2D eigenvalue weighted by atomic mass is 79.9. The number of hydrogen-bond acceptors (Lipinski definition) is 2. The van der Waals surface area contributed by atoms with Crippen molar-refractivity contribution in [2.24, 2.45) is 5.92 Å². The Hall–Kier alpha value is -0.540. The van der Waals surface area contributed by atoms with Gasteiger partial charge in [0.15, 0.2) is 0 Å². The summed E-state index contributed by atoms with van der Waals surface area (Å²) in [5, 5.41) is 3.42. The van der Waals surface area contributed by atoms with Gasteiger partial charge in [0.05, 0.1) is 6.61 Å². The minimum absolute atomic E-state index is 0.613. The van der Waals surface area contributed by atoms with Gasteiger partial charge < -0.3 is 10.1 Å². The van der Waals surface area contributed by atoms with Gasteiger partial charge in [-0.05, 0) is 55.5 Å². The van der Waals surface area contributed by atoms with Gasteiger partial charge in [-0.2, -0.15) is 0 Å². The Kier molecular flexibility index (Phi) is 3.39. The molecule has 0 bridgehead atoms. The molecule has 0 radical (unpaired) electrons. The van der Waals surface area contributed by atoms with Crippen molar-refractivity contribution in [3.05, 3.63) is 28.2 Å². The topological polar surface area (TPSA) is 21.3 Å². The van der Waals surface area contributed by atoms with E-state index in [1.165, 1.54) is 24.8 Å². The van der Waals surface area contributed by atoms with Crippen LogP contribution in [0, 0.1) is 5.92 Å². The van der Waals surface area contributed by atoms with Gasteiger partial charge in [-0.25, -0.2) is 0 Å². The molecule has 2 nitrogen and oxygen atoms in total. The molecule has 1 aliphatic heterocycles. The van der Waals surface area contributed by atoms with Crippen molar-refractivity contribution < 1.29 is 4.74 Å². The van der Waals surface area contributed by atoms with Crippen LogP contribution in [0.2, 0.25) is 0 Å². The van der Waals surface area contributed by atoms with Crippen LogP contribution in [-0.2, 0) is 0 Å². The molecular formula is C14H18BrNO. The van der Waals surface area contributed by atoms with Gasteiger partial charge in [0.1, 0.15) is 5.75 Å². The Labute approximate surface area is 111 Å². The van der Waals surface area contributed by atoms with Crippen LogP contribution in [0.3, 0.4) is 0 Å². The van der Waals surface area contributed by atoms with Crippen molar-refractivity contribution in [3.8, 4) is 5.75 Å². The molecule has 0 spiro atoms. The van der Waals surface area contributed by atoms with E-state index >= 15 is 0 Å². The van der Waals surface area contributed by atoms with Gasteiger partial charge in [0.2, 0.25) is 0 Å². The monoisotopic (exact) mass is 295 g/mol. The van der Waals surface area contributed by atoms with Crippen LogP contribution in [-0.4, -0.2) is 19.7 Å². The normalized spacial score (nSPS) is 23.9. The standard InChI is InChI=1S/C14H18BrNO/c15-12-3-4-14(17-9-10-1-2-10)13(7-12)11-5-6-16-8-11/h3-4,7,10-11,16H,1-2,5-6,8-9H2. The number of nitrogens with one attached hydrogen (secondary N) is 1. The minimum atomic E-state index is 0.613. The Morgan fingerprint density at radius 2 is 2.18 bits per heavy atom. The summed E-state index contributed by atoms with van der Waals surface area (Å²) in [7, 11) is 0. The Balaban J connectivity index is 1.78. The van der Waals surface area contributed by atoms with E-state index in [-0.39, 0.29) is 0 Å². The number of benzene rings is 1. The van der Waals surface area contributed by atoms with Gasteiger partial charge in [-0.1, -0.05) is 15.9 Å². The first-order valence-corrected chi connectivity index (χ1v) is 7.25. The highest BCUT2D eigenvalue weighted by Gasteiger charge is 2.24. The zero-order valence-corrected chi connectivity index (χ0v) is 11.5. The second-order valence-corrected chi connectivity index (χ2v) is 6.04. The largest absolute Gasteiger partial charge is 0.493 e. The molecule has 3 rings (SSSR count). The lowest BCUT2D eigenvalue weighted by Gasteiger charge is -2.16. The maximum Gasteiger partial charge on any atom is 0.122 e. The second kappa shape index (κ2) is 4.99. The van der Waals surface area contributed by atoms with Gasteiger partial charge in [-0.15, -0.1) is 0 Å². The van der Waals surface area contributed by atoms with Gasteiger partial charge in [-0.3, -0.25) is 0 Å². The van der Waals surface area contributed by atoms with E-state index in [1.807, 2.05) is 0 Å². The third-order valence-corrected chi connectivity index (χ3v) is 4.14. The molecule has 1 unspecified atom stereocenters. The van der Waals surface area contributed by atoms with Gasteiger partial charge >= 0.3 is 0 Å². The molecule has 1 saturated heterocycles. The third-order valence-electron chi connectivity index (χ3n) is 3.64. The van der Waals surface area contributed by atoms with E-state index < -0.39 is 0 Å². The summed E-state index contributed by atoms with van der Waals surface area (Å²) >= 11 is 3.56. The minimum Gasteiger partial charge on any atom is -0.493 e. The fourth-order valence-corrected chi connectivity index (χ4v) is 2.76. The van der Waals surface area contributed by atoms with Crippen molar-refractivity contribution in [2.75, 3.05) is 19.7 Å². The summed E-state index contributed by atoms with van der Waals surface area (Å²) < 4.78 is 7.13. The fraction of sp³-hybridized carbons (Fsp3) is 0.571. The third kappa shape index (κ3) is 2.83. The Bertz CT molecular complexity index is 397. The van der Waals surface area contributed by atoms with E-state index in [2.05, 4.69) is 39.4 Å². The molecule has 1 atom stereocenters. The first-order chi connectivity index (χ1) is 8.33. The van der Waals surface area contributed by atoms with Crippen LogP contribution in [0.5, 0.6) is 5.75 Å². The highest BCUT2D eigenvalue weighted by molar-refractivity contribution is 9.10. The summed E-state index contributed by atoms with van der Waals surface area (Å²) in [4.78, 5) is 0. The molecule has 0 amide bonds. The number of halogens is 1. The van der Waals surface area contributed by atoms with E-state index in [9.17, 15) is 0 Å². The number of ether oxygens (including phenoxy) is 1. The average molecular weight is 296 g/mol. The van der Waals surface area contributed by atoms with Crippen molar-refractivity contribution >= 4 is 15.9 Å². The summed E-state index contributed by atoms with van der Waals surface area (Å²) in [6, 6.07) is 6.41. The first kappa shape index (κ1) is 11.5. The van der Waals surface area contributed by atoms with Crippen LogP contribution in [0.25, 0.3) is 0 Å². The summed E-state index contributed by atoms with van der Waals surface area (Å²) in [6.45, 7) is 3.10.